The Morgan fingerprint density at radius 2 is 1.64 bits per heavy atom. The SMILES string of the molecule is Cc1ccc(S(=O)(=O)O)cc1.N=C(SCCCl)c1c(Cl)cccc1Cl. The van der Waals surface area contributed by atoms with Crippen molar-refractivity contribution < 1.29 is 13.0 Å². The van der Waals surface area contributed by atoms with E-state index in [4.69, 9.17) is 44.8 Å². The first-order valence-electron chi connectivity index (χ1n) is 6.92. The van der Waals surface area contributed by atoms with Crippen LogP contribution in [0.1, 0.15) is 11.1 Å². The molecule has 0 fully saturated rings. The molecule has 9 heteroatoms. The lowest BCUT2D eigenvalue weighted by atomic mass is 10.2. The van der Waals surface area contributed by atoms with Crippen molar-refractivity contribution in [2.45, 2.75) is 11.8 Å². The topological polar surface area (TPSA) is 78.2 Å². The molecule has 0 spiro atoms. The summed E-state index contributed by atoms with van der Waals surface area (Å²) in [5.41, 5.74) is 1.54. The van der Waals surface area contributed by atoms with Crippen LogP contribution in [0.5, 0.6) is 0 Å². The molecule has 136 valence electrons. The van der Waals surface area contributed by atoms with Gasteiger partial charge in [0.1, 0.15) is 0 Å². The Kier molecular flexibility index (Phi) is 9.27. The number of halogens is 3. The first-order valence-corrected chi connectivity index (χ1v) is 10.6. The van der Waals surface area contributed by atoms with Gasteiger partial charge >= 0.3 is 0 Å². The van der Waals surface area contributed by atoms with E-state index in [2.05, 4.69) is 0 Å². The number of rotatable bonds is 4. The Labute approximate surface area is 166 Å². The molecule has 0 aromatic heterocycles. The van der Waals surface area contributed by atoms with E-state index in [1.54, 1.807) is 30.3 Å². The van der Waals surface area contributed by atoms with Gasteiger partial charge in [-0.05, 0) is 31.2 Å². The fourth-order valence-electron chi connectivity index (χ4n) is 1.64. The van der Waals surface area contributed by atoms with Gasteiger partial charge in [-0.2, -0.15) is 8.42 Å². The molecule has 0 heterocycles. The molecule has 0 unspecified atom stereocenters. The zero-order valence-corrected chi connectivity index (χ0v) is 17.1. The second kappa shape index (κ2) is 10.4. The van der Waals surface area contributed by atoms with Crippen LogP contribution >= 0.6 is 46.6 Å². The third-order valence-corrected chi connectivity index (χ3v) is 5.64. The summed E-state index contributed by atoms with van der Waals surface area (Å²) in [6.07, 6.45) is 0. The van der Waals surface area contributed by atoms with E-state index in [0.29, 0.717) is 32.3 Å². The minimum Gasteiger partial charge on any atom is -0.293 e. The van der Waals surface area contributed by atoms with Crippen LogP contribution in [-0.2, 0) is 10.1 Å². The number of hydrogen-bond donors (Lipinski definition) is 2. The number of aryl methyl sites for hydroxylation is 1. The van der Waals surface area contributed by atoms with E-state index in [1.165, 1.54) is 23.9 Å². The molecular weight excluding hydrogens is 425 g/mol. The van der Waals surface area contributed by atoms with Crippen LogP contribution in [0.4, 0.5) is 0 Å². The van der Waals surface area contributed by atoms with Crippen molar-refractivity contribution in [1.29, 1.82) is 5.41 Å². The monoisotopic (exact) mass is 439 g/mol. The smallest absolute Gasteiger partial charge is 0.293 e. The first kappa shape index (κ1) is 22.3. The van der Waals surface area contributed by atoms with Gasteiger partial charge in [-0.25, -0.2) is 0 Å². The summed E-state index contributed by atoms with van der Waals surface area (Å²) in [4.78, 5) is -0.0666. The minimum absolute atomic E-state index is 0.0666. The van der Waals surface area contributed by atoms with Gasteiger partial charge < -0.3 is 0 Å². The summed E-state index contributed by atoms with van der Waals surface area (Å²) < 4.78 is 29.6. The summed E-state index contributed by atoms with van der Waals surface area (Å²) in [7, 11) is -4.02. The summed E-state index contributed by atoms with van der Waals surface area (Å²) in [5.74, 6) is 1.19. The lowest BCUT2D eigenvalue weighted by molar-refractivity contribution is 0.483. The molecule has 25 heavy (non-hydrogen) atoms. The maximum Gasteiger partial charge on any atom is 0.294 e. The molecule has 2 N–H and O–H groups in total. The molecule has 4 nitrogen and oxygen atoms in total. The van der Waals surface area contributed by atoms with E-state index in [9.17, 15) is 8.42 Å². The normalized spacial score (nSPS) is 10.8. The largest absolute Gasteiger partial charge is 0.294 e. The highest BCUT2D eigenvalue weighted by Gasteiger charge is 2.10. The van der Waals surface area contributed by atoms with E-state index in [-0.39, 0.29) is 4.90 Å². The van der Waals surface area contributed by atoms with Crippen LogP contribution in [0, 0.1) is 12.3 Å². The summed E-state index contributed by atoms with van der Waals surface area (Å²) in [6, 6.07) is 11.2. The molecule has 2 aromatic rings. The molecular formula is C16H16Cl3NO3S2. The number of nitrogens with one attached hydrogen (secondary N) is 1. The number of benzene rings is 2. The number of hydrogen-bond acceptors (Lipinski definition) is 4. The molecule has 0 aliphatic heterocycles. The van der Waals surface area contributed by atoms with Crippen molar-refractivity contribution in [2.24, 2.45) is 0 Å². The van der Waals surface area contributed by atoms with Crippen molar-refractivity contribution in [1.82, 2.24) is 0 Å². The molecule has 0 radical (unpaired) electrons. The minimum atomic E-state index is -4.02. The molecule has 0 saturated heterocycles. The van der Waals surface area contributed by atoms with E-state index < -0.39 is 10.1 Å². The standard InChI is InChI=1S/C9H8Cl3NS.C7H8O3S/c10-4-5-14-9(13)8-6(11)2-1-3-7(8)12;1-6-2-4-7(5-3-6)11(8,9)10/h1-3,13H,4-5H2;2-5H,1H3,(H,8,9,10). The van der Waals surface area contributed by atoms with Crippen molar-refractivity contribution >= 4 is 61.7 Å². The lowest BCUT2D eigenvalue weighted by Crippen LogP contribution is -1.98. The molecule has 0 amide bonds. The zero-order chi connectivity index (χ0) is 19.0. The van der Waals surface area contributed by atoms with E-state index >= 15 is 0 Å². The Bertz CT molecular complexity index is 805. The van der Waals surface area contributed by atoms with Gasteiger partial charge in [-0.15, -0.1) is 23.4 Å². The molecule has 0 aliphatic rings. The summed E-state index contributed by atoms with van der Waals surface area (Å²) >= 11 is 18.7. The van der Waals surface area contributed by atoms with Crippen LogP contribution in [-0.4, -0.2) is 29.6 Å². The molecule has 2 aromatic carbocycles. The Morgan fingerprint density at radius 3 is 2.08 bits per heavy atom. The van der Waals surface area contributed by atoms with Gasteiger partial charge in [-0.1, -0.05) is 47.0 Å². The Hall–Kier alpha value is -0.760. The van der Waals surface area contributed by atoms with Crippen molar-refractivity contribution in [3.05, 3.63) is 63.6 Å². The number of thioether (sulfide) groups is 1. The molecule has 2 rings (SSSR count). The highest BCUT2D eigenvalue weighted by molar-refractivity contribution is 8.14. The highest BCUT2D eigenvalue weighted by Crippen LogP contribution is 2.28. The third-order valence-electron chi connectivity index (χ3n) is 2.83. The molecule has 0 bridgehead atoms. The zero-order valence-electron chi connectivity index (χ0n) is 13.2. The van der Waals surface area contributed by atoms with Crippen LogP contribution in [0.3, 0.4) is 0 Å². The van der Waals surface area contributed by atoms with E-state index in [0.717, 1.165) is 5.56 Å². The maximum absolute atomic E-state index is 10.5. The van der Waals surface area contributed by atoms with Gasteiger partial charge in [0.05, 0.1) is 20.0 Å². The van der Waals surface area contributed by atoms with Crippen molar-refractivity contribution in [2.75, 3.05) is 11.6 Å². The number of alkyl halides is 1. The highest BCUT2D eigenvalue weighted by atomic mass is 35.5. The van der Waals surface area contributed by atoms with Gasteiger partial charge in [-0.3, -0.25) is 9.96 Å². The van der Waals surface area contributed by atoms with E-state index in [1.807, 2.05) is 6.92 Å². The van der Waals surface area contributed by atoms with Gasteiger partial charge in [0.25, 0.3) is 10.1 Å². The van der Waals surface area contributed by atoms with Crippen LogP contribution in [0.25, 0.3) is 0 Å². The fourth-order valence-corrected chi connectivity index (χ4v) is 3.69. The average molecular weight is 441 g/mol. The second-order valence-corrected chi connectivity index (χ2v) is 8.47. The van der Waals surface area contributed by atoms with Gasteiger partial charge in [0.2, 0.25) is 0 Å². The maximum atomic E-state index is 10.5. The summed E-state index contributed by atoms with van der Waals surface area (Å²) in [5, 5.41) is 9.12. The lowest BCUT2D eigenvalue weighted by Gasteiger charge is -2.06. The van der Waals surface area contributed by atoms with Crippen LogP contribution in [0.15, 0.2) is 47.4 Å². The van der Waals surface area contributed by atoms with Crippen molar-refractivity contribution in [3.8, 4) is 0 Å². The van der Waals surface area contributed by atoms with Crippen molar-refractivity contribution in [3.63, 3.8) is 0 Å². The van der Waals surface area contributed by atoms with Crippen LogP contribution < -0.4 is 0 Å². The predicted molar refractivity (Wildman–Crippen MR) is 107 cm³/mol. The predicted octanol–water partition coefficient (Wildman–Crippen LogP) is 5.53. The Morgan fingerprint density at radius 1 is 1.12 bits per heavy atom. The quantitative estimate of drug-likeness (QED) is 0.283. The summed E-state index contributed by atoms with van der Waals surface area (Å²) in [6.45, 7) is 1.84. The van der Waals surface area contributed by atoms with Gasteiger partial charge in [0.15, 0.2) is 0 Å². The molecule has 0 atom stereocenters. The Balaban J connectivity index is 0.000000257. The molecule has 0 saturated carbocycles. The molecule has 0 aliphatic carbocycles. The third kappa shape index (κ3) is 7.56. The second-order valence-electron chi connectivity index (χ2n) is 4.75. The average Bonchev–Trinajstić information content (AvgIpc) is 2.53. The first-order chi connectivity index (χ1) is 11.7. The van der Waals surface area contributed by atoms with Crippen LogP contribution in [0.2, 0.25) is 10.0 Å². The fraction of sp³-hybridized carbons (Fsp3) is 0.188. The van der Waals surface area contributed by atoms with Gasteiger partial charge in [0, 0.05) is 17.2 Å².